The molecule has 5 nitrogen and oxygen atoms in total. The van der Waals surface area contributed by atoms with Crippen molar-refractivity contribution < 1.29 is 9.59 Å². The van der Waals surface area contributed by atoms with E-state index >= 15 is 0 Å². The highest BCUT2D eigenvalue weighted by molar-refractivity contribution is 6.33. The van der Waals surface area contributed by atoms with E-state index in [2.05, 4.69) is 10.3 Å². The van der Waals surface area contributed by atoms with Crippen LogP contribution in [-0.4, -0.2) is 22.8 Å². The van der Waals surface area contributed by atoms with Crippen LogP contribution >= 0.6 is 23.2 Å². The summed E-state index contributed by atoms with van der Waals surface area (Å²) in [6, 6.07) is 9.35. The first-order valence-electron chi connectivity index (χ1n) is 7.80. The molecule has 0 radical (unpaired) electrons. The van der Waals surface area contributed by atoms with E-state index in [0.29, 0.717) is 27.7 Å². The van der Waals surface area contributed by atoms with Crippen molar-refractivity contribution in [2.24, 2.45) is 11.7 Å². The zero-order valence-corrected chi connectivity index (χ0v) is 15.4. The number of nitrogens with zero attached hydrogens (tertiary/aromatic N) is 1. The van der Waals surface area contributed by atoms with Crippen LogP contribution in [-0.2, 0) is 4.79 Å². The monoisotopic (exact) mass is 379 g/mol. The average Bonchev–Trinajstić information content (AvgIpc) is 2.54. The highest BCUT2D eigenvalue weighted by atomic mass is 35.5. The van der Waals surface area contributed by atoms with E-state index in [1.807, 2.05) is 13.8 Å². The summed E-state index contributed by atoms with van der Waals surface area (Å²) in [6.07, 6.45) is 0.454. The molecule has 3 N–H and O–H groups in total. The van der Waals surface area contributed by atoms with Crippen LogP contribution in [0.15, 0.2) is 36.4 Å². The molecule has 2 amide bonds. The molecule has 0 saturated heterocycles. The minimum atomic E-state index is -0.750. The summed E-state index contributed by atoms with van der Waals surface area (Å²) >= 11 is 12.2. The number of halogens is 2. The number of carbonyl (C=O) groups excluding carboxylic acids is 2. The maximum absolute atomic E-state index is 12.5. The zero-order chi connectivity index (χ0) is 18.6. The molecule has 0 bridgehead atoms. The minimum absolute atomic E-state index is 0.148. The van der Waals surface area contributed by atoms with Crippen molar-refractivity contribution in [3.63, 3.8) is 0 Å². The van der Waals surface area contributed by atoms with Gasteiger partial charge in [0, 0.05) is 10.6 Å². The minimum Gasteiger partial charge on any atom is -0.368 e. The standard InChI is InChI=1S/C18H19Cl2N3O2/c1-10(2)8-15(17(21)24)23-18(25)14-7-6-13(20)16(22-14)11-4-3-5-12(19)9-11/h3-7,9-10,15H,8H2,1-2H3,(H2,21,24)(H,23,25). The molecule has 0 spiro atoms. The molecule has 1 atom stereocenters. The molecule has 25 heavy (non-hydrogen) atoms. The molecule has 0 aliphatic rings. The van der Waals surface area contributed by atoms with Crippen LogP contribution < -0.4 is 11.1 Å². The van der Waals surface area contributed by atoms with Crippen LogP contribution in [0.4, 0.5) is 0 Å². The van der Waals surface area contributed by atoms with Gasteiger partial charge in [-0.05, 0) is 36.6 Å². The Labute approximate surface area is 156 Å². The third kappa shape index (κ3) is 5.18. The number of benzene rings is 1. The lowest BCUT2D eigenvalue weighted by molar-refractivity contribution is -0.120. The van der Waals surface area contributed by atoms with Crippen molar-refractivity contribution in [3.8, 4) is 11.3 Å². The van der Waals surface area contributed by atoms with Crippen molar-refractivity contribution in [2.75, 3.05) is 0 Å². The largest absolute Gasteiger partial charge is 0.368 e. The summed E-state index contributed by atoms with van der Waals surface area (Å²) in [7, 11) is 0. The van der Waals surface area contributed by atoms with E-state index in [9.17, 15) is 9.59 Å². The van der Waals surface area contributed by atoms with Crippen molar-refractivity contribution in [3.05, 3.63) is 52.1 Å². The first kappa shape index (κ1) is 19.2. The molecule has 0 aliphatic carbocycles. The van der Waals surface area contributed by atoms with Gasteiger partial charge in [-0.3, -0.25) is 9.59 Å². The maximum atomic E-state index is 12.5. The lowest BCUT2D eigenvalue weighted by Crippen LogP contribution is -2.45. The van der Waals surface area contributed by atoms with Crippen LogP contribution in [0.3, 0.4) is 0 Å². The molecule has 2 rings (SSSR count). The van der Waals surface area contributed by atoms with Gasteiger partial charge in [-0.2, -0.15) is 0 Å². The van der Waals surface area contributed by atoms with Gasteiger partial charge in [0.25, 0.3) is 5.91 Å². The van der Waals surface area contributed by atoms with E-state index in [1.165, 1.54) is 6.07 Å². The van der Waals surface area contributed by atoms with E-state index in [4.69, 9.17) is 28.9 Å². The Bertz CT molecular complexity index is 794. The second-order valence-corrected chi connectivity index (χ2v) is 6.94. The topological polar surface area (TPSA) is 85.1 Å². The normalized spacial score (nSPS) is 12.0. The number of rotatable bonds is 6. The lowest BCUT2D eigenvalue weighted by atomic mass is 10.0. The number of amides is 2. The highest BCUT2D eigenvalue weighted by Gasteiger charge is 2.21. The molecule has 1 aromatic heterocycles. The number of hydrogen-bond donors (Lipinski definition) is 2. The van der Waals surface area contributed by atoms with Crippen LogP contribution in [0.25, 0.3) is 11.3 Å². The quantitative estimate of drug-likeness (QED) is 0.802. The molecular weight excluding hydrogens is 361 g/mol. The Morgan fingerprint density at radius 3 is 2.52 bits per heavy atom. The SMILES string of the molecule is CC(C)CC(NC(=O)c1ccc(Cl)c(-c2cccc(Cl)c2)n1)C(N)=O. The third-order valence-electron chi connectivity index (χ3n) is 3.53. The van der Waals surface area contributed by atoms with E-state index < -0.39 is 17.9 Å². The number of aromatic nitrogens is 1. The lowest BCUT2D eigenvalue weighted by Gasteiger charge is -2.17. The number of primary amides is 1. The average molecular weight is 380 g/mol. The fourth-order valence-corrected chi connectivity index (χ4v) is 2.76. The Hall–Kier alpha value is -2.11. The first-order valence-corrected chi connectivity index (χ1v) is 8.56. The van der Waals surface area contributed by atoms with Gasteiger partial charge in [-0.15, -0.1) is 0 Å². The van der Waals surface area contributed by atoms with Crippen molar-refractivity contribution in [1.82, 2.24) is 10.3 Å². The summed E-state index contributed by atoms with van der Waals surface area (Å²) in [6.45, 7) is 3.89. The van der Waals surface area contributed by atoms with Crippen LogP contribution in [0.1, 0.15) is 30.8 Å². The Morgan fingerprint density at radius 2 is 1.92 bits per heavy atom. The highest BCUT2D eigenvalue weighted by Crippen LogP contribution is 2.28. The van der Waals surface area contributed by atoms with Gasteiger partial charge in [0.05, 0.1) is 10.7 Å². The number of carbonyl (C=O) groups is 2. The Balaban J connectivity index is 2.29. The van der Waals surface area contributed by atoms with Gasteiger partial charge in [-0.25, -0.2) is 4.98 Å². The first-order chi connectivity index (χ1) is 11.8. The van der Waals surface area contributed by atoms with Crippen LogP contribution in [0.5, 0.6) is 0 Å². The Morgan fingerprint density at radius 1 is 1.20 bits per heavy atom. The molecular formula is C18H19Cl2N3O2. The van der Waals surface area contributed by atoms with Gasteiger partial charge in [0.2, 0.25) is 5.91 Å². The van der Waals surface area contributed by atoms with Crippen LogP contribution in [0, 0.1) is 5.92 Å². The Kier molecular flexibility index (Phi) is 6.39. The van der Waals surface area contributed by atoms with Crippen molar-refractivity contribution >= 4 is 35.0 Å². The predicted octanol–water partition coefficient (Wildman–Crippen LogP) is 3.69. The molecule has 0 aliphatic heterocycles. The summed E-state index contributed by atoms with van der Waals surface area (Å²) in [4.78, 5) is 28.3. The summed E-state index contributed by atoms with van der Waals surface area (Å²) in [5.41, 5.74) is 6.65. The molecule has 1 aromatic carbocycles. The maximum Gasteiger partial charge on any atom is 0.270 e. The second-order valence-electron chi connectivity index (χ2n) is 6.10. The smallest absolute Gasteiger partial charge is 0.270 e. The van der Waals surface area contributed by atoms with Gasteiger partial charge in [-0.1, -0.05) is 49.2 Å². The second kappa shape index (κ2) is 8.32. The fourth-order valence-electron chi connectivity index (χ4n) is 2.36. The molecule has 1 unspecified atom stereocenters. The van der Waals surface area contributed by atoms with E-state index in [-0.39, 0.29) is 11.6 Å². The van der Waals surface area contributed by atoms with Gasteiger partial charge < -0.3 is 11.1 Å². The molecule has 2 aromatic rings. The summed E-state index contributed by atoms with van der Waals surface area (Å²) in [5.74, 6) is -0.853. The van der Waals surface area contributed by atoms with Gasteiger partial charge in [0.15, 0.2) is 0 Å². The number of pyridine rings is 1. The van der Waals surface area contributed by atoms with Crippen molar-refractivity contribution in [1.29, 1.82) is 0 Å². The molecule has 132 valence electrons. The number of hydrogen-bond acceptors (Lipinski definition) is 3. The molecule has 1 heterocycles. The van der Waals surface area contributed by atoms with Crippen LogP contribution in [0.2, 0.25) is 10.0 Å². The predicted molar refractivity (Wildman–Crippen MR) is 99.6 cm³/mol. The molecule has 7 heteroatoms. The zero-order valence-electron chi connectivity index (χ0n) is 13.9. The van der Waals surface area contributed by atoms with E-state index in [0.717, 1.165) is 0 Å². The van der Waals surface area contributed by atoms with E-state index in [1.54, 1.807) is 30.3 Å². The number of nitrogens with two attached hydrogens (primary N) is 1. The summed E-state index contributed by atoms with van der Waals surface area (Å²) < 4.78 is 0. The van der Waals surface area contributed by atoms with Gasteiger partial charge >= 0.3 is 0 Å². The number of nitrogens with one attached hydrogen (secondary N) is 1. The summed E-state index contributed by atoms with van der Waals surface area (Å²) in [5, 5.41) is 3.56. The molecule has 0 saturated carbocycles. The fraction of sp³-hybridized carbons (Fsp3) is 0.278. The third-order valence-corrected chi connectivity index (χ3v) is 4.07. The van der Waals surface area contributed by atoms with Gasteiger partial charge in [0.1, 0.15) is 11.7 Å². The van der Waals surface area contributed by atoms with Crippen molar-refractivity contribution in [2.45, 2.75) is 26.3 Å². The molecule has 0 fully saturated rings.